The Bertz CT molecular complexity index is 385. The number of phenols is 1. The number of ether oxygens (including phenoxy) is 1. The van der Waals surface area contributed by atoms with Gasteiger partial charge in [0, 0.05) is 8.95 Å². The fourth-order valence-electron chi connectivity index (χ4n) is 0.703. The molecule has 3 N–H and O–H groups in total. The number of rotatable bonds is 1. The first-order valence-electron chi connectivity index (χ1n) is 4.25. The molecule has 0 saturated carbocycles. The van der Waals surface area contributed by atoms with Gasteiger partial charge in [-0.1, -0.05) is 0 Å². The maximum Gasteiger partial charge on any atom is 0.404 e. The third-order valence-electron chi connectivity index (χ3n) is 1.37. The molecule has 0 atom stereocenters. The molecule has 1 amide bonds. The number of benzene rings is 1. The van der Waals surface area contributed by atoms with E-state index in [0.29, 0.717) is 11.1 Å². The van der Waals surface area contributed by atoms with Gasteiger partial charge >= 0.3 is 6.09 Å². The Kier molecular flexibility index (Phi) is 8.44. The second-order valence-corrected chi connectivity index (χ2v) is 5.80. The first kappa shape index (κ1) is 17.2. The first-order valence-corrected chi connectivity index (χ1v) is 7.42. The fraction of sp³-hybridized carbons (Fsp3) is 0.222. The molecule has 0 aromatic heterocycles. The molecule has 0 radical (unpaired) electrons. The normalized spacial score (nSPS) is 9.24. The van der Waals surface area contributed by atoms with Crippen LogP contribution in [0.5, 0.6) is 5.75 Å². The summed E-state index contributed by atoms with van der Waals surface area (Å²) in [5.74, 6) is 0.201. The minimum Gasteiger partial charge on any atom is -0.507 e. The van der Waals surface area contributed by atoms with Gasteiger partial charge in [-0.15, -0.1) is 0 Å². The lowest BCUT2D eigenvalue weighted by molar-refractivity contribution is 0.163. The smallest absolute Gasteiger partial charge is 0.404 e. The van der Waals surface area contributed by atoms with Crippen molar-refractivity contribution in [3.8, 4) is 5.75 Å². The van der Waals surface area contributed by atoms with Crippen LogP contribution >= 0.6 is 63.7 Å². The van der Waals surface area contributed by atoms with Gasteiger partial charge in [0.2, 0.25) is 0 Å². The third kappa shape index (κ3) is 6.08. The zero-order chi connectivity index (χ0) is 13.6. The molecular weight excluding hydrogens is 490 g/mol. The van der Waals surface area contributed by atoms with Gasteiger partial charge in [0.1, 0.15) is 5.75 Å². The number of carbonyl (C=O) groups is 1. The van der Waals surface area contributed by atoms with E-state index in [1.54, 1.807) is 13.0 Å². The number of primary amides is 1. The number of amides is 1. The van der Waals surface area contributed by atoms with Gasteiger partial charge in [-0.3, -0.25) is 0 Å². The molecule has 1 rings (SSSR count). The molecule has 96 valence electrons. The number of nitrogens with two attached hydrogens (primary N) is 1. The van der Waals surface area contributed by atoms with E-state index in [1.165, 1.54) is 0 Å². The Morgan fingerprint density at radius 1 is 1.29 bits per heavy atom. The molecule has 0 saturated heterocycles. The van der Waals surface area contributed by atoms with Gasteiger partial charge in [-0.25, -0.2) is 4.79 Å². The standard InChI is InChI=1S/C6H2Br4O.C3H7NO2/c7-2-1-3(11)5(9)6(10)4(2)8;1-2-6-3(4)5/h1,11H;2H2,1H3,(H2,4,5). The predicted octanol–water partition coefficient (Wildman–Crippen LogP) is 4.54. The molecule has 8 heteroatoms. The quantitative estimate of drug-likeness (QED) is 0.441. The molecule has 1 aromatic carbocycles. The van der Waals surface area contributed by atoms with Crippen LogP contribution < -0.4 is 5.73 Å². The first-order chi connectivity index (χ1) is 7.81. The van der Waals surface area contributed by atoms with Crippen molar-refractivity contribution in [3.63, 3.8) is 0 Å². The summed E-state index contributed by atoms with van der Waals surface area (Å²) in [6.07, 6.45) is -0.711. The summed E-state index contributed by atoms with van der Waals surface area (Å²) in [5, 5.41) is 9.28. The van der Waals surface area contributed by atoms with E-state index in [4.69, 9.17) is 0 Å². The average Bonchev–Trinajstić information content (AvgIpc) is 2.24. The van der Waals surface area contributed by atoms with Crippen LogP contribution in [0.15, 0.2) is 24.0 Å². The lowest BCUT2D eigenvalue weighted by Gasteiger charge is -2.03. The highest BCUT2D eigenvalue weighted by atomic mass is 79.9. The monoisotopic (exact) mass is 495 g/mol. The lowest BCUT2D eigenvalue weighted by Crippen LogP contribution is -2.11. The summed E-state index contributed by atoms with van der Waals surface area (Å²) in [4.78, 5) is 9.60. The maximum atomic E-state index is 9.60. The number of hydrogen-bond donors (Lipinski definition) is 2. The largest absolute Gasteiger partial charge is 0.507 e. The average molecular weight is 499 g/mol. The molecule has 0 unspecified atom stereocenters. The minimum atomic E-state index is -0.711. The minimum absolute atomic E-state index is 0.201. The summed E-state index contributed by atoms with van der Waals surface area (Å²) < 4.78 is 7.31. The zero-order valence-corrected chi connectivity index (χ0v) is 15.0. The second kappa shape index (κ2) is 8.34. The van der Waals surface area contributed by atoms with Crippen LogP contribution in [0, 0.1) is 0 Å². The molecule has 0 fully saturated rings. The van der Waals surface area contributed by atoms with E-state index in [9.17, 15) is 9.90 Å². The Balaban J connectivity index is 0.000000366. The highest BCUT2D eigenvalue weighted by molar-refractivity contribution is 9.15. The highest BCUT2D eigenvalue weighted by Crippen LogP contribution is 2.41. The molecule has 17 heavy (non-hydrogen) atoms. The molecule has 0 aliphatic carbocycles. The molecule has 0 bridgehead atoms. The molecule has 4 nitrogen and oxygen atoms in total. The Labute approximate surface area is 132 Å². The predicted molar refractivity (Wildman–Crippen MR) is 80.1 cm³/mol. The van der Waals surface area contributed by atoms with Gasteiger partial charge in [0.05, 0.1) is 15.6 Å². The number of aromatic hydroxyl groups is 1. The molecule has 0 spiro atoms. The van der Waals surface area contributed by atoms with Crippen LogP contribution in [0.2, 0.25) is 0 Å². The van der Waals surface area contributed by atoms with Crippen molar-refractivity contribution < 1.29 is 14.6 Å². The van der Waals surface area contributed by atoms with Crippen LogP contribution in [-0.4, -0.2) is 17.8 Å². The van der Waals surface area contributed by atoms with Crippen molar-refractivity contribution in [2.45, 2.75) is 6.92 Å². The lowest BCUT2D eigenvalue weighted by atomic mass is 10.3. The van der Waals surface area contributed by atoms with Crippen LogP contribution in [-0.2, 0) is 4.74 Å². The highest BCUT2D eigenvalue weighted by Gasteiger charge is 2.09. The van der Waals surface area contributed by atoms with E-state index in [1.807, 2.05) is 0 Å². The van der Waals surface area contributed by atoms with Gasteiger partial charge in [-0.2, -0.15) is 0 Å². The van der Waals surface area contributed by atoms with Crippen molar-refractivity contribution in [1.29, 1.82) is 0 Å². The van der Waals surface area contributed by atoms with Crippen LogP contribution in [0.3, 0.4) is 0 Å². The van der Waals surface area contributed by atoms with E-state index >= 15 is 0 Å². The molecule has 0 aliphatic heterocycles. The maximum absolute atomic E-state index is 9.60. The fourth-order valence-corrected chi connectivity index (χ4v) is 2.69. The zero-order valence-electron chi connectivity index (χ0n) is 8.64. The Morgan fingerprint density at radius 2 is 1.82 bits per heavy atom. The SMILES string of the molecule is CCOC(N)=O.Oc1cc(Br)c(Br)c(Br)c1Br. The Hall–Kier alpha value is 0.210. The van der Waals surface area contributed by atoms with E-state index in [2.05, 4.69) is 74.2 Å². The van der Waals surface area contributed by atoms with E-state index < -0.39 is 6.09 Å². The number of carbonyl (C=O) groups excluding carboxylic acids is 1. The molecule has 0 aliphatic rings. The summed E-state index contributed by atoms with van der Waals surface area (Å²) in [6.45, 7) is 2.06. The third-order valence-corrected chi connectivity index (χ3v) is 6.01. The van der Waals surface area contributed by atoms with E-state index in [0.717, 1.165) is 13.4 Å². The van der Waals surface area contributed by atoms with E-state index in [-0.39, 0.29) is 5.75 Å². The number of halogens is 4. The molecular formula is C9H9Br4NO3. The summed E-state index contributed by atoms with van der Waals surface area (Å²) in [6, 6.07) is 1.61. The van der Waals surface area contributed by atoms with Gasteiger partial charge in [0.15, 0.2) is 0 Å². The van der Waals surface area contributed by atoms with Crippen LogP contribution in [0.25, 0.3) is 0 Å². The second-order valence-electron chi connectivity index (χ2n) is 2.57. The van der Waals surface area contributed by atoms with Gasteiger partial charge in [0.25, 0.3) is 0 Å². The van der Waals surface area contributed by atoms with Crippen molar-refractivity contribution in [2.24, 2.45) is 5.73 Å². The van der Waals surface area contributed by atoms with Crippen molar-refractivity contribution in [2.75, 3.05) is 6.61 Å². The van der Waals surface area contributed by atoms with Crippen molar-refractivity contribution >= 4 is 69.8 Å². The Morgan fingerprint density at radius 3 is 2.18 bits per heavy atom. The molecule has 1 aromatic rings. The molecule has 0 heterocycles. The topological polar surface area (TPSA) is 72.5 Å². The number of phenolic OH excluding ortho intramolecular Hbond substituents is 1. The van der Waals surface area contributed by atoms with Crippen molar-refractivity contribution in [3.05, 3.63) is 24.0 Å². The summed E-state index contributed by atoms with van der Waals surface area (Å²) in [5.41, 5.74) is 4.54. The summed E-state index contributed by atoms with van der Waals surface area (Å²) in [7, 11) is 0. The van der Waals surface area contributed by atoms with Gasteiger partial charge in [-0.05, 0) is 76.7 Å². The van der Waals surface area contributed by atoms with Crippen LogP contribution in [0.1, 0.15) is 6.92 Å². The van der Waals surface area contributed by atoms with Crippen molar-refractivity contribution in [1.82, 2.24) is 0 Å². The number of hydrogen-bond acceptors (Lipinski definition) is 3. The van der Waals surface area contributed by atoms with Crippen LogP contribution in [0.4, 0.5) is 4.79 Å². The summed E-state index contributed by atoms with van der Waals surface area (Å²) >= 11 is 13.1. The van der Waals surface area contributed by atoms with Gasteiger partial charge < -0.3 is 15.6 Å².